The van der Waals surface area contributed by atoms with Gasteiger partial charge in [0.2, 0.25) is 0 Å². The highest BCUT2D eigenvalue weighted by atomic mass is 32.2. The van der Waals surface area contributed by atoms with Gasteiger partial charge < -0.3 is 9.47 Å². The maximum Gasteiger partial charge on any atom is 0.311 e. The van der Waals surface area contributed by atoms with E-state index in [-0.39, 0.29) is 34.1 Å². The second-order valence-electron chi connectivity index (χ2n) is 8.40. The molecule has 0 heterocycles. The Morgan fingerprint density at radius 1 is 1.25 bits per heavy atom. The normalized spacial score (nSPS) is 41.8. The van der Waals surface area contributed by atoms with Crippen LogP contribution in [0, 0.1) is 22.7 Å². The van der Waals surface area contributed by atoms with Crippen molar-refractivity contribution in [2.75, 3.05) is 14.2 Å². The van der Waals surface area contributed by atoms with Gasteiger partial charge in [0, 0.05) is 17.3 Å². The average Bonchev–Trinajstić information content (AvgIpc) is 2.92. The smallest absolute Gasteiger partial charge is 0.311 e. The van der Waals surface area contributed by atoms with Gasteiger partial charge in [-0.1, -0.05) is 20.8 Å². The van der Waals surface area contributed by atoms with Crippen molar-refractivity contribution >= 4 is 16.8 Å². The van der Waals surface area contributed by atoms with Crippen molar-refractivity contribution in [3.63, 3.8) is 0 Å². The standard InChI is InChI=1S/C19H30O4S/c1-18(2)12-8-9-19(18,3)16(10-12)24(21)13-6-7-14(17(20)23-5)15(11-13)22-4/h11-12,14-16H,6-10H2,1-5H3/t12?,14-,15+,16?,19?,24?/m1/s1. The highest BCUT2D eigenvalue weighted by molar-refractivity contribution is 7.89. The van der Waals surface area contributed by atoms with Crippen LogP contribution in [-0.2, 0) is 25.1 Å². The summed E-state index contributed by atoms with van der Waals surface area (Å²) >= 11 is 0. The van der Waals surface area contributed by atoms with Crippen LogP contribution in [-0.4, -0.2) is 35.8 Å². The molecule has 136 valence electrons. The fourth-order valence-corrected chi connectivity index (χ4v) is 7.54. The summed E-state index contributed by atoms with van der Waals surface area (Å²) < 4.78 is 23.7. The fraction of sp³-hybridized carbons (Fsp3) is 0.842. The number of esters is 1. The molecule has 0 radical (unpaired) electrons. The molecular weight excluding hydrogens is 324 g/mol. The monoisotopic (exact) mass is 354 g/mol. The van der Waals surface area contributed by atoms with Crippen molar-refractivity contribution in [2.24, 2.45) is 22.7 Å². The van der Waals surface area contributed by atoms with Crippen LogP contribution < -0.4 is 0 Å². The zero-order valence-electron chi connectivity index (χ0n) is 15.5. The van der Waals surface area contributed by atoms with Crippen LogP contribution in [0.25, 0.3) is 0 Å². The Labute approximate surface area is 147 Å². The van der Waals surface area contributed by atoms with E-state index in [0.29, 0.717) is 18.8 Å². The lowest BCUT2D eigenvalue weighted by Crippen LogP contribution is -2.39. The van der Waals surface area contributed by atoms with Crippen molar-refractivity contribution in [2.45, 2.75) is 64.2 Å². The van der Waals surface area contributed by atoms with Gasteiger partial charge in [0.1, 0.15) is 0 Å². The van der Waals surface area contributed by atoms with E-state index in [0.717, 1.165) is 11.3 Å². The first kappa shape index (κ1) is 18.1. The quantitative estimate of drug-likeness (QED) is 0.726. The lowest BCUT2D eigenvalue weighted by atomic mass is 9.71. The fourth-order valence-electron chi connectivity index (χ4n) is 5.28. The Morgan fingerprint density at radius 2 is 1.96 bits per heavy atom. The van der Waals surface area contributed by atoms with E-state index in [1.807, 2.05) is 6.08 Å². The molecule has 0 spiro atoms. The Hall–Kier alpha value is -0.680. The van der Waals surface area contributed by atoms with Crippen LogP contribution in [0.4, 0.5) is 0 Å². The first-order valence-corrected chi connectivity index (χ1v) is 10.2. The van der Waals surface area contributed by atoms with Gasteiger partial charge in [0.25, 0.3) is 0 Å². The highest BCUT2D eigenvalue weighted by Crippen LogP contribution is 2.67. The van der Waals surface area contributed by atoms with Crippen molar-refractivity contribution in [1.82, 2.24) is 0 Å². The molecule has 3 aliphatic rings. The van der Waals surface area contributed by atoms with Crippen LogP contribution in [0.15, 0.2) is 11.0 Å². The van der Waals surface area contributed by atoms with Gasteiger partial charge in [-0.15, -0.1) is 0 Å². The Kier molecular flexibility index (Phi) is 4.71. The predicted octanol–water partition coefficient (Wildman–Crippen LogP) is 3.43. The number of hydrogen-bond donors (Lipinski definition) is 0. The summed E-state index contributed by atoms with van der Waals surface area (Å²) in [5, 5.41) is 0.227. The summed E-state index contributed by atoms with van der Waals surface area (Å²) in [5.74, 6) is 0.158. The van der Waals surface area contributed by atoms with Crippen molar-refractivity contribution in [1.29, 1.82) is 0 Å². The molecule has 3 rings (SSSR count). The van der Waals surface area contributed by atoms with Gasteiger partial charge in [-0.25, -0.2) is 0 Å². The van der Waals surface area contributed by atoms with E-state index in [4.69, 9.17) is 9.47 Å². The molecule has 5 heteroatoms. The third-order valence-electron chi connectivity index (χ3n) is 7.46. The van der Waals surface area contributed by atoms with E-state index in [1.165, 1.54) is 20.0 Å². The number of ether oxygens (including phenoxy) is 2. The van der Waals surface area contributed by atoms with Gasteiger partial charge in [-0.3, -0.25) is 9.00 Å². The van der Waals surface area contributed by atoms with E-state index >= 15 is 0 Å². The van der Waals surface area contributed by atoms with Gasteiger partial charge >= 0.3 is 5.97 Å². The summed E-state index contributed by atoms with van der Waals surface area (Å²) in [4.78, 5) is 12.9. The SMILES string of the molecule is COC(=O)[C@@H]1CCC(S(=O)C2CC3CCC2(C)C3(C)C)=C[C@@H]1OC. The minimum absolute atomic E-state index is 0.144. The maximum atomic E-state index is 13.4. The number of fused-ring (bicyclic) bond motifs is 2. The van der Waals surface area contributed by atoms with Crippen LogP contribution in [0.5, 0.6) is 0 Å². The number of carbonyl (C=O) groups excluding carboxylic acids is 1. The van der Waals surface area contributed by atoms with Crippen molar-refractivity contribution in [3.05, 3.63) is 11.0 Å². The first-order chi connectivity index (χ1) is 11.3. The molecule has 6 atom stereocenters. The molecule has 2 saturated carbocycles. The van der Waals surface area contributed by atoms with E-state index in [1.54, 1.807) is 7.11 Å². The largest absolute Gasteiger partial charge is 0.469 e. The van der Waals surface area contributed by atoms with Crippen LogP contribution in [0.1, 0.15) is 52.9 Å². The second kappa shape index (κ2) is 6.24. The number of carbonyl (C=O) groups is 1. The third kappa shape index (κ3) is 2.50. The molecule has 0 saturated heterocycles. The van der Waals surface area contributed by atoms with Crippen LogP contribution in [0.2, 0.25) is 0 Å². The third-order valence-corrected chi connectivity index (χ3v) is 9.54. The molecule has 0 aromatic rings. The molecule has 2 bridgehead atoms. The summed E-state index contributed by atoms with van der Waals surface area (Å²) in [5.41, 5.74) is 0.406. The molecule has 4 nitrogen and oxygen atoms in total. The predicted molar refractivity (Wildman–Crippen MR) is 94.8 cm³/mol. The number of methoxy groups -OCH3 is 2. The maximum absolute atomic E-state index is 13.4. The van der Waals surface area contributed by atoms with Crippen molar-refractivity contribution in [3.8, 4) is 0 Å². The lowest BCUT2D eigenvalue weighted by Gasteiger charge is -2.39. The van der Waals surface area contributed by atoms with Crippen LogP contribution >= 0.6 is 0 Å². The summed E-state index contributed by atoms with van der Waals surface area (Å²) in [6.45, 7) is 7.03. The van der Waals surface area contributed by atoms with E-state index < -0.39 is 10.8 Å². The molecule has 0 aliphatic heterocycles. The molecule has 0 amide bonds. The molecular formula is C19H30O4S. The average molecular weight is 355 g/mol. The van der Waals surface area contributed by atoms with Crippen molar-refractivity contribution < 1.29 is 18.5 Å². The molecule has 0 aromatic carbocycles. The van der Waals surface area contributed by atoms with Crippen LogP contribution in [0.3, 0.4) is 0 Å². The number of rotatable bonds is 4. The Balaban J connectivity index is 1.82. The number of hydrogen-bond acceptors (Lipinski definition) is 4. The molecule has 24 heavy (non-hydrogen) atoms. The van der Waals surface area contributed by atoms with E-state index in [2.05, 4.69) is 20.8 Å². The van der Waals surface area contributed by atoms with Gasteiger partial charge in [0.15, 0.2) is 0 Å². The Bertz CT molecular complexity index is 582. The molecule has 0 N–H and O–H groups in total. The Morgan fingerprint density at radius 3 is 2.46 bits per heavy atom. The molecule has 3 aliphatic carbocycles. The molecule has 0 aromatic heterocycles. The minimum Gasteiger partial charge on any atom is -0.469 e. The topological polar surface area (TPSA) is 52.6 Å². The zero-order chi connectivity index (χ0) is 17.7. The highest BCUT2D eigenvalue weighted by Gasteiger charge is 2.63. The minimum atomic E-state index is -0.991. The zero-order valence-corrected chi connectivity index (χ0v) is 16.3. The van der Waals surface area contributed by atoms with Gasteiger partial charge in [-0.2, -0.15) is 0 Å². The first-order valence-electron chi connectivity index (χ1n) is 8.98. The summed E-state index contributed by atoms with van der Waals surface area (Å²) in [6, 6.07) is 0. The summed E-state index contributed by atoms with van der Waals surface area (Å²) in [7, 11) is 2.02. The van der Waals surface area contributed by atoms with E-state index in [9.17, 15) is 9.00 Å². The van der Waals surface area contributed by atoms with Gasteiger partial charge in [-0.05, 0) is 54.9 Å². The lowest BCUT2D eigenvalue weighted by molar-refractivity contribution is -0.149. The molecule has 4 unspecified atom stereocenters. The summed E-state index contributed by atoms with van der Waals surface area (Å²) in [6.07, 6.45) is 6.45. The molecule has 2 fully saturated rings. The van der Waals surface area contributed by atoms with Gasteiger partial charge in [0.05, 0.1) is 29.9 Å². The number of allylic oxidation sites excluding steroid dienone is 1. The second-order valence-corrected chi connectivity index (χ2v) is 10.1.